The lowest BCUT2D eigenvalue weighted by Crippen LogP contribution is -2.36. The van der Waals surface area contributed by atoms with Gasteiger partial charge in [0.2, 0.25) is 5.91 Å². The molecule has 2 aromatic rings. The van der Waals surface area contributed by atoms with Gasteiger partial charge in [0.25, 0.3) is 5.56 Å². The zero-order valence-electron chi connectivity index (χ0n) is 19.5. The predicted octanol–water partition coefficient (Wildman–Crippen LogP) is 3.71. The molecule has 0 spiro atoms. The minimum atomic E-state index is -0.653. The molecule has 1 aliphatic rings. The van der Waals surface area contributed by atoms with E-state index in [1.807, 2.05) is 19.1 Å². The fraction of sp³-hybridized carbons (Fsp3) is 0.500. The number of hydrogen-bond donors (Lipinski definition) is 4. The van der Waals surface area contributed by atoms with Crippen LogP contribution in [0.15, 0.2) is 29.1 Å². The summed E-state index contributed by atoms with van der Waals surface area (Å²) >= 11 is 6.65. The summed E-state index contributed by atoms with van der Waals surface area (Å²) < 4.78 is 1.58. The van der Waals surface area contributed by atoms with Gasteiger partial charge in [-0.2, -0.15) is 0 Å². The van der Waals surface area contributed by atoms with Gasteiger partial charge in [-0.05, 0) is 31.7 Å². The molecule has 1 aromatic carbocycles. The molecular weight excluding hydrogens is 440 g/mol. The molecule has 0 fully saturated rings. The number of nitrogens with one attached hydrogen (secondary N) is 3. The third-order valence-corrected chi connectivity index (χ3v) is 6.56. The molecule has 5 N–H and O–H groups in total. The van der Waals surface area contributed by atoms with Crippen LogP contribution in [0.5, 0.6) is 0 Å². The van der Waals surface area contributed by atoms with Gasteiger partial charge in [0.15, 0.2) is 11.0 Å². The first-order valence-corrected chi connectivity index (χ1v) is 11.9. The minimum absolute atomic E-state index is 0.00214. The average Bonchev–Trinajstić information content (AvgIpc) is 3.12. The molecule has 8 nitrogen and oxygen atoms in total. The van der Waals surface area contributed by atoms with E-state index in [2.05, 4.69) is 29.5 Å². The van der Waals surface area contributed by atoms with Gasteiger partial charge in [-0.1, -0.05) is 62.6 Å². The second-order valence-corrected chi connectivity index (χ2v) is 8.99. The number of amides is 1. The number of aromatic nitrogens is 2. The molecule has 2 heterocycles. The van der Waals surface area contributed by atoms with Gasteiger partial charge in [0, 0.05) is 24.1 Å². The molecule has 1 aliphatic heterocycles. The quantitative estimate of drug-likeness (QED) is 0.309. The van der Waals surface area contributed by atoms with Crippen molar-refractivity contribution in [3.8, 4) is 0 Å². The van der Waals surface area contributed by atoms with Crippen LogP contribution in [-0.4, -0.2) is 27.8 Å². The number of benzene rings is 1. The van der Waals surface area contributed by atoms with Crippen molar-refractivity contribution < 1.29 is 4.79 Å². The Bertz CT molecular complexity index is 1070. The average molecular weight is 473 g/mol. The van der Waals surface area contributed by atoms with E-state index in [0.717, 1.165) is 31.2 Å². The first kappa shape index (κ1) is 24.8. The fourth-order valence-corrected chi connectivity index (χ4v) is 5.34. The Morgan fingerprint density at radius 3 is 2.42 bits per heavy atom. The lowest BCUT2D eigenvalue weighted by Gasteiger charge is -2.29. The van der Waals surface area contributed by atoms with E-state index in [9.17, 15) is 9.59 Å². The summed E-state index contributed by atoms with van der Waals surface area (Å²) in [4.78, 5) is 31.1. The van der Waals surface area contributed by atoms with Crippen molar-refractivity contribution >= 4 is 29.2 Å². The van der Waals surface area contributed by atoms with Crippen molar-refractivity contribution in [3.05, 3.63) is 56.6 Å². The highest BCUT2D eigenvalue weighted by Gasteiger charge is 2.48. The number of amidine groups is 1. The lowest BCUT2D eigenvalue weighted by atomic mass is 9.74. The number of nitrogens with zero attached hydrogens (tertiary/aromatic N) is 2. The van der Waals surface area contributed by atoms with Crippen LogP contribution in [0, 0.1) is 5.41 Å². The highest BCUT2D eigenvalue weighted by atomic mass is 35.5. The van der Waals surface area contributed by atoms with E-state index >= 15 is 0 Å². The Labute approximate surface area is 199 Å². The topological polar surface area (TPSA) is 126 Å². The number of nitrogen functional groups attached to an aromatic ring is 1. The standard InChI is InChI=1S/C24H33ClN6O2/c1-4-11-24(12-5-2)13-17(31-18(24)19(25)30-21(23(31)33)28-6-3)22(32)29-14-15-7-9-16(10-8-15)20(26)27/h7-10,17H,4-6,11-14H2,1-3H3,(H3,26,27)(H,28,30)(H,29,32)/t17-/m0/s1. The van der Waals surface area contributed by atoms with Gasteiger partial charge < -0.3 is 16.4 Å². The van der Waals surface area contributed by atoms with Crippen LogP contribution < -0.4 is 21.9 Å². The molecule has 1 aromatic heterocycles. The third-order valence-electron chi connectivity index (χ3n) is 6.30. The molecule has 0 aliphatic carbocycles. The number of carbonyl (C=O) groups is 1. The maximum atomic E-state index is 13.4. The smallest absolute Gasteiger partial charge is 0.294 e. The molecule has 1 atom stereocenters. The van der Waals surface area contributed by atoms with Crippen LogP contribution in [0.25, 0.3) is 0 Å². The van der Waals surface area contributed by atoms with Crippen molar-refractivity contribution in [1.82, 2.24) is 14.9 Å². The second-order valence-electron chi connectivity index (χ2n) is 8.63. The first-order valence-electron chi connectivity index (χ1n) is 11.5. The Morgan fingerprint density at radius 1 is 1.24 bits per heavy atom. The monoisotopic (exact) mass is 472 g/mol. The molecule has 0 radical (unpaired) electrons. The largest absolute Gasteiger partial charge is 0.384 e. The highest BCUT2D eigenvalue weighted by Crippen LogP contribution is 2.49. The van der Waals surface area contributed by atoms with Gasteiger partial charge in [0.05, 0.1) is 5.69 Å². The molecule has 178 valence electrons. The van der Waals surface area contributed by atoms with Crippen LogP contribution >= 0.6 is 11.6 Å². The molecule has 3 rings (SSSR count). The zero-order chi connectivity index (χ0) is 24.2. The number of carbonyl (C=O) groups excluding carboxylic acids is 1. The van der Waals surface area contributed by atoms with Crippen molar-refractivity contribution in [2.75, 3.05) is 11.9 Å². The minimum Gasteiger partial charge on any atom is -0.384 e. The molecule has 9 heteroatoms. The van der Waals surface area contributed by atoms with E-state index in [0.29, 0.717) is 35.9 Å². The molecule has 1 amide bonds. The van der Waals surface area contributed by atoms with Gasteiger partial charge in [-0.25, -0.2) is 4.98 Å². The SMILES string of the molecule is CCCC1(CCC)C[C@@H](C(=O)NCc2ccc(C(=N)N)cc2)n2c1c(Cl)nc(NCC)c2=O. The van der Waals surface area contributed by atoms with Gasteiger partial charge in [-0.3, -0.25) is 19.6 Å². The van der Waals surface area contributed by atoms with E-state index in [1.165, 1.54) is 0 Å². The third kappa shape index (κ3) is 4.90. The molecule has 33 heavy (non-hydrogen) atoms. The van der Waals surface area contributed by atoms with E-state index in [4.69, 9.17) is 22.7 Å². The number of hydrogen-bond acceptors (Lipinski definition) is 5. The Kier molecular flexibility index (Phi) is 7.79. The summed E-state index contributed by atoms with van der Waals surface area (Å²) in [6.07, 6.45) is 4.01. The summed E-state index contributed by atoms with van der Waals surface area (Å²) in [5.74, 6) is -0.0434. The van der Waals surface area contributed by atoms with Gasteiger partial charge in [-0.15, -0.1) is 0 Å². The van der Waals surface area contributed by atoms with Crippen LogP contribution in [0.2, 0.25) is 5.15 Å². The summed E-state index contributed by atoms with van der Waals surface area (Å²) in [6, 6.07) is 6.50. The summed E-state index contributed by atoms with van der Waals surface area (Å²) in [5.41, 5.74) is 7.04. The van der Waals surface area contributed by atoms with Crippen molar-refractivity contribution in [2.45, 2.75) is 70.9 Å². The second kappa shape index (κ2) is 10.4. The first-order chi connectivity index (χ1) is 15.8. The van der Waals surface area contributed by atoms with E-state index < -0.39 is 6.04 Å². The fourth-order valence-electron chi connectivity index (χ4n) is 4.97. The number of fused-ring (bicyclic) bond motifs is 1. The Balaban J connectivity index is 1.96. The van der Waals surface area contributed by atoms with Crippen LogP contribution in [-0.2, 0) is 16.8 Å². The summed E-state index contributed by atoms with van der Waals surface area (Å²) in [6.45, 7) is 6.93. The van der Waals surface area contributed by atoms with Gasteiger partial charge >= 0.3 is 0 Å². The molecule has 0 bridgehead atoms. The zero-order valence-corrected chi connectivity index (χ0v) is 20.3. The molecule has 0 saturated heterocycles. The van der Waals surface area contributed by atoms with Crippen molar-refractivity contribution in [2.24, 2.45) is 5.73 Å². The maximum Gasteiger partial charge on any atom is 0.294 e. The van der Waals surface area contributed by atoms with E-state index in [-0.39, 0.29) is 28.5 Å². The number of nitrogens with two attached hydrogens (primary N) is 1. The molecule has 0 unspecified atom stereocenters. The summed E-state index contributed by atoms with van der Waals surface area (Å²) in [7, 11) is 0. The molecular formula is C24H33ClN6O2. The maximum absolute atomic E-state index is 13.4. The number of anilines is 1. The molecule has 0 saturated carbocycles. The van der Waals surface area contributed by atoms with Crippen LogP contribution in [0.3, 0.4) is 0 Å². The van der Waals surface area contributed by atoms with Crippen molar-refractivity contribution in [1.29, 1.82) is 5.41 Å². The summed E-state index contributed by atoms with van der Waals surface area (Å²) in [5, 5.41) is 13.8. The normalized spacial score (nSPS) is 16.3. The Hall–Kier alpha value is -2.87. The van der Waals surface area contributed by atoms with Gasteiger partial charge in [0.1, 0.15) is 11.9 Å². The predicted molar refractivity (Wildman–Crippen MR) is 132 cm³/mol. The lowest BCUT2D eigenvalue weighted by molar-refractivity contribution is -0.124. The Morgan fingerprint density at radius 2 is 1.88 bits per heavy atom. The van der Waals surface area contributed by atoms with E-state index in [1.54, 1.807) is 16.7 Å². The van der Waals surface area contributed by atoms with Crippen molar-refractivity contribution in [3.63, 3.8) is 0 Å². The number of rotatable bonds is 10. The number of halogens is 1. The van der Waals surface area contributed by atoms with Crippen LogP contribution in [0.1, 0.15) is 75.7 Å². The highest BCUT2D eigenvalue weighted by molar-refractivity contribution is 6.30. The van der Waals surface area contributed by atoms with Crippen LogP contribution in [0.4, 0.5) is 5.82 Å².